The third-order valence-corrected chi connectivity index (χ3v) is 11.6. The van der Waals surface area contributed by atoms with E-state index in [-0.39, 0.29) is 17.7 Å². The van der Waals surface area contributed by atoms with Gasteiger partial charge in [-0.15, -0.1) is 4.28 Å². The van der Waals surface area contributed by atoms with Crippen molar-refractivity contribution in [2.24, 2.45) is 12.2 Å². The van der Waals surface area contributed by atoms with E-state index in [4.69, 9.17) is 13.8 Å². The molecule has 1 aromatic rings. The van der Waals surface area contributed by atoms with Crippen LogP contribution in [0.2, 0.25) is 18.1 Å². The Hall–Kier alpha value is -2.00. The maximum Gasteiger partial charge on any atom is 0.418 e. The van der Waals surface area contributed by atoms with Crippen molar-refractivity contribution >= 4 is 30.5 Å². The minimum Gasteiger partial charge on any atom is -0.413 e. The monoisotopic (exact) mass is 487 g/mol. The van der Waals surface area contributed by atoms with Crippen molar-refractivity contribution in [1.29, 1.82) is 0 Å². The molecule has 3 aliphatic heterocycles. The number of oxime groups is 1. The molecule has 1 unspecified atom stereocenters. The van der Waals surface area contributed by atoms with Crippen LogP contribution in [0.1, 0.15) is 50.5 Å². The van der Waals surface area contributed by atoms with Crippen LogP contribution in [0.5, 0.6) is 0 Å². The first-order chi connectivity index (χ1) is 14.7. The first-order valence-electron chi connectivity index (χ1n) is 10.3. The molecule has 2 bridgehead atoms. The minimum atomic E-state index is -4.87. The van der Waals surface area contributed by atoms with Gasteiger partial charge < -0.3 is 14.2 Å². The lowest BCUT2D eigenvalue weighted by molar-refractivity contribution is -0.0316. The summed E-state index contributed by atoms with van der Waals surface area (Å²) in [6.07, 6.45) is 1.74. The fourth-order valence-corrected chi connectivity index (χ4v) is 5.39. The van der Waals surface area contributed by atoms with Crippen molar-refractivity contribution < 1.29 is 31.3 Å². The second-order valence-corrected chi connectivity index (χ2v) is 15.7. The summed E-state index contributed by atoms with van der Waals surface area (Å²) in [6, 6.07) is -1.99. The molecule has 0 saturated carbocycles. The van der Waals surface area contributed by atoms with Crippen LogP contribution in [0.25, 0.3) is 0 Å². The van der Waals surface area contributed by atoms with Crippen molar-refractivity contribution in [1.82, 2.24) is 19.7 Å². The molecule has 14 heteroatoms. The zero-order valence-electron chi connectivity index (χ0n) is 19.0. The van der Waals surface area contributed by atoms with Crippen LogP contribution < -0.4 is 0 Å². The van der Waals surface area contributed by atoms with E-state index in [1.807, 2.05) is 0 Å². The molecule has 0 aromatic carbocycles. The third kappa shape index (κ3) is 3.94. The van der Waals surface area contributed by atoms with Crippen LogP contribution in [-0.2, 0) is 31.0 Å². The number of carbonyl (C=O) groups is 1. The number of amides is 2. The van der Waals surface area contributed by atoms with Crippen molar-refractivity contribution in [3.05, 3.63) is 17.5 Å². The van der Waals surface area contributed by atoms with Crippen LogP contribution in [0, 0.1) is 0 Å². The molecule has 0 aliphatic carbocycles. The van der Waals surface area contributed by atoms with Gasteiger partial charge in [-0.25, -0.2) is 4.79 Å². The van der Waals surface area contributed by atoms with Crippen molar-refractivity contribution in [2.45, 2.75) is 63.5 Å². The lowest BCUT2D eigenvalue weighted by Gasteiger charge is -2.36. The van der Waals surface area contributed by atoms with E-state index in [9.17, 15) is 13.2 Å². The third-order valence-electron chi connectivity index (χ3n) is 6.71. The van der Waals surface area contributed by atoms with Gasteiger partial charge in [0.05, 0.1) is 30.8 Å². The number of carbonyl (C=O) groups excluding carboxylic acids is 1. The second-order valence-electron chi connectivity index (χ2n) is 9.88. The highest BCUT2D eigenvalue weighted by Crippen LogP contribution is 2.46. The number of aryl methyl sites for hydroxylation is 1. The number of hydroxylamine groups is 2. The van der Waals surface area contributed by atoms with Gasteiger partial charge in [0, 0.05) is 19.0 Å². The van der Waals surface area contributed by atoms with E-state index in [2.05, 4.69) is 48.4 Å². The Balaban J connectivity index is 1.55. The summed E-state index contributed by atoms with van der Waals surface area (Å²) in [4.78, 5) is 20.1. The normalized spacial score (nSPS) is 25.8. The number of urea groups is 1. The summed E-state index contributed by atoms with van der Waals surface area (Å²) in [6.45, 7) is 11.4. The Morgan fingerprint density at radius 3 is 2.66 bits per heavy atom. The van der Waals surface area contributed by atoms with E-state index in [0.29, 0.717) is 35.1 Å². The van der Waals surface area contributed by atoms with Gasteiger partial charge in [0.1, 0.15) is 12.1 Å². The van der Waals surface area contributed by atoms with Crippen molar-refractivity contribution in [3.8, 4) is 0 Å². The van der Waals surface area contributed by atoms with Gasteiger partial charge >= 0.3 is 16.4 Å². The van der Waals surface area contributed by atoms with Crippen molar-refractivity contribution in [3.63, 3.8) is 0 Å². The van der Waals surface area contributed by atoms with E-state index in [1.165, 1.54) is 4.90 Å². The summed E-state index contributed by atoms with van der Waals surface area (Å²) in [5.74, 6) is 0. The standard InChI is InChI=1S/C18H29N5O7SSi/c1-18(2,3)32(5,6)28-10-11-7-13(20-29-11)16-15-12(8-19-21(15)4)14-9-22(16)17(24)23(14)30-31(25,26)27/h8,11,14,16H,7,9-10H2,1-6H3,(H,25,26,27)/t11?,14-,16+/m0/s1. The van der Waals surface area contributed by atoms with Gasteiger partial charge in [0.15, 0.2) is 14.4 Å². The molecular formula is C18H29N5O7SSi. The molecule has 0 radical (unpaired) electrons. The van der Waals surface area contributed by atoms with Crippen LogP contribution in [0.15, 0.2) is 11.4 Å². The molecule has 1 N–H and O–H groups in total. The molecule has 0 spiro atoms. The predicted molar refractivity (Wildman–Crippen MR) is 115 cm³/mol. The number of fused-ring (bicyclic) bond motifs is 4. The Bertz CT molecular complexity index is 1060. The van der Waals surface area contributed by atoms with Gasteiger partial charge in [-0.2, -0.15) is 18.6 Å². The summed E-state index contributed by atoms with van der Waals surface area (Å²) in [5, 5.41) is 9.28. The molecule has 1 aromatic heterocycles. The van der Waals surface area contributed by atoms with Gasteiger partial charge in [0.2, 0.25) is 0 Å². The maximum absolute atomic E-state index is 13.0. The maximum atomic E-state index is 13.0. The molecule has 3 aliphatic rings. The largest absolute Gasteiger partial charge is 0.418 e. The van der Waals surface area contributed by atoms with E-state index in [0.717, 1.165) is 0 Å². The highest BCUT2D eigenvalue weighted by atomic mass is 32.3. The second kappa shape index (κ2) is 7.51. The highest BCUT2D eigenvalue weighted by Gasteiger charge is 2.54. The summed E-state index contributed by atoms with van der Waals surface area (Å²) in [5.41, 5.74) is 1.95. The Kier molecular flexibility index (Phi) is 5.44. The topological polar surface area (TPSA) is 136 Å². The SMILES string of the molecule is Cn1ncc2c1[C@@H](C1=NOC(CO[Si](C)(C)C(C)(C)C)C1)N1C[C@@H]2N(OS(=O)(=O)O)C1=O. The Morgan fingerprint density at radius 2 is 2.03 bits per heavy atom. The zero-order valence-corrected chi connectivity index (χ0v) is 20.8. The summed E-state index contributed by atoms with van der Waals surface area (Å²) < 4.78 is 44.2. The molecule has 4 rings (SSSR count). The number of rotatable bonds is 6. The number of aromatic nitrogens is 2. The minimum absolute atomic E-state index is 0.0652. The Morgan fingerprint density at radius 1 is 1.34 bits per heavy atom. The van der Waals surface area contributed by atoms with Crippen LogP contribution in [0.4, 0.5) is 4.79 Å². The number of nitrogens with zero attached hydrogens (tertiary/aromatic N) is 5. The number of hydrogen-bond acceptors (Lipinski definition) is 8. The van der Waals surface area contributed by atoms with Gasteiger partial charge in [0.25, 0.3) is 0 Å². The molecule has 32 heavy (non-hydrogen) atoms. The van der Waals surface area contributed by atoms with E-state index in [1.54, 1.807) is 17.9 Å². The van der Waals surface area contributed by atoms with Crippen LogP contribution in [-0.4, -0.2) is 72.0 Å². The first-order valence-corrected chi connectivity index (χ1v) is 14.6. The van der Waals surface area contributed by atoms with Crippen LogP contribution >= 0.6 is 0 Å². The van der Waals surface area contributed by atoms with Gasteiger partial charge in [-0.05, 0) is 18.1 Å². The smallest absolute Gasteiger partial charge is 0.413 e. The number of hydrogen-bond donors (Lipinski definition) is 1. The van der Waals surface area contributed by atoms with Crippen LogP contribution in [0.3, 0.4) is 0 Å². The molecule has 1 saturated heterocycles. The van der Waals surface area contributed by atoms with E-state index >= 15 is 0 Å². The molecule has 178 valence electrons. The molecule has 1 fully saturated rings. The first kappa shape index (κ1) is 23.2. The predicted octanol–water partition coefficient (Wildman–Crippen LogP) is 2.15. The van der Waals surface area contributed by atoms with E-state index < -0.39 is 36.8 Å². The summed E-state index contributed by atoms with van der Waals surface area (Å²) >= 11 is 0. The molecular weight excluding hydrogens is 458 g/mol. The summed E-state index contributed by atoms with van der Waals surface area (Å²) in [7, 11) is -5.09. The van der Waals surface area contributed by atoms with Crippen molar-refractivity contribution in [2.75, 3.05) is 13.2 Å². The quantitative estimate of drug-likeness (QED) is 0.476. The van der Waals surface area contributed by atoms with Gasteiger partial charge in [-0.3, -0.25) is 9.23 Å². The lowest BCUT2D eigenvalue weighted by atomic mass is 9.93. The molecule has 3 atom stereocenters. The fraction of sp³-hybridized carbons (Fsp3) is 0.722. The zero-order chi connectivity index (χ0) is 23.6. The average Bonchev–Trinajstić information content (AvgIpc) is 3.34. The fourth-order valence-electron chi connectivity index (χ4n) is 3.98. The molecule has 4 heterocycles. The average molecular weight is 488 g/mol. The Labute approximate surface area is 188 Å². The lowest BCUT2D eigenvalue weighted by Crippen LogP contribution is -2.43. The highest BCUT2D eigenvalue weighted by molar-refractivity contribution is 7.80. The van der Waals surface area contributed by atoms with Gasteiger partial charge in [-0.1, -0.05) is 25.9 Å². The molecule has 2 amide bonds. The molecule has 12 nitrogen and oxygen atoms in total.